The molecule has 0 aliphatic heterocycles. The van der Waals surface area contributed by atoms with Crippen LogP contribution in [0.2, 0.25) is 0 Å². The number of aromatic nitrogens is 1. The molecule has 0 unspecified atom stereocenters. The van der Waals surface area contributed by atoms with Crippen molar-refractivity contribution in [2.75, 3.05) is 0 Å². The molecule has 1 aromatic rings. The normalized spacial score (nSPS) is 10.2. The van der Waals surface area contributed by atoms with Crippen LogP contribution in [-0.4, -0.2) is 9.91 Å². The molecule has 0 N–H and O–H groups in total. The number of nitro groups is 1. The fourth-order valence-electron chi connectivity index (χ4n) is 1.11. The third kappa shape index (κ3) is 2.23. The van der Waals surface area contributed by atoms with Crippen LogP contribution in [0, 0.1) is 21.4 Å². The summed E-state index contributed by atoms with van der Waals surface area (Å²) in [6.07, 6.45) is -3.13. The van der Waals surface area contributed by atoms with Crippen molar-refractivity contribution in [1.29, 1.82) is 5.26 Å². The van der Waals surface area contributed by atoms with Crippen molar-refractivity contribution < 1.29 is 13.7 Å². The van der Waals surface area contributed by atoms with Crippen LogP contribution in [0.1, 0.15) is 23.2 Å². The first-order valence-electron chi connectivity index (χ1n) is 3.93. The topological polar surface area (TPSA) is 79.8 Å². The SMILES string of the molecule is N#Cc1cc(CCl)nc([N+](=O)[O-])c1C(F)F. The zero-order chi connectivity index (χ0) is 12.3. The van der Waals surface area contributed by atoms with Crippen molar-refractivity contribution in [2.45, 2.75) is 12.3 Å². The average molecular weight is 248 g/mol. The van der Waals surface area contributed by atoms with Crippen LogP contribution >= 0.6 is 11.6 Å². The molecule has 0 spiro atoms. The lowest BCUT2D eigenvalue weighted by Crippen LogP contribution is -2.04. The summed E-state index contributed by atoms with van der Waals surface area (Å²) in [5, 5.41) is 19.1. The Labute approximate surface area is 93.4 Å². The van der Waals surface area contributed by atoms with E-state index in [-0.39, 0.29) is 11.6 Å². The molecule has 1 aromatic heterocycles. The van der Waals surface area contributed by atoms with Crippen LogP contribution in [0.25, 0.3) is 0 Å². The smallest absolute Gasteiger partial charge is 0.358 e. The fourth-order valence-corrected chi connectivity index (χ4v) is 1.25. The molecular weight excluding hydrogens is 244 g/mol. The van der Waals surface area contributed by atoms with E-state index in [9.17, 15) is 18.9 Å². The van der Waals surface area contributed by atoms with Gasteiger partial charge >= 0.3 is 5.82 Å². The maximum atomic E-state index is 12.5. The van der Waals surface area contributed by atoms with Crippen molar-refractivity contribution >= 4 is 17.4 Å². The van der Waals surface area contributed by atoms with Gasteiger partial charge in [-0.2, -0.15) is 5.26 Å². The summed E-state index contributed by atoms with van der Waals surface area (Å²) in [4.78, 5) is 12.8. The number of hydrogen-bond donors (Lipinski definition) is 0. The molecule has 0 atom stereocenters. The maximum absolute atomic E-state index is 12.5. The van der Waals surface area contributed by atoms with Gasteiger partial charge in [-0.1, -0.05) is 0 Å². The molecule has 1 heterocycles. The molecule has 0 saturated carbocycles. The van der Waals surface area contributed by atoms with E-state index in [0.29, 0.717) is 0 Å². The predicted octanol–water partition coefficient (Wildman–Crippen LogP) is 2.54. The van der Waals surface area contributed by atoms with Gasteiger partial charge in [-0.25, -0.2) is 8.78 Å². The molecule has 5 nitrogen and oxygen atoms in total. The van der Waals surface area contributed by atoms with Crippen LogP contribution in [0.3, 0.4) is 0 Å². The van der Waals surface area contributed by atoms with E-state index in [1.54, 1.807) is 0 Å². The largest absolute Gasteiger partial charge is 0.374 e. The van der Waals surface area contributed by atoms with E-state index in [2.05, 4.69) is 4.98 Å². The van der Waals surface area contributed by atoms with Gasteiger partial charge in [0.15, 0.2) is 5.69 Å². The second-order valence-electron chi connectivity index (χ2n) is 2.70. The monoisotopic (exact) mass is 247 g/mol. The zero-order valence-electron chi connectivity index (χ0n) is 7.65. The molecule has 0 fully saturated rings. The predicted molar refractivity (Wildman–Crippen MR) is 50.1 cm³/mol. The molecule has 0 bridgehead atoms. The number of alkyl halides is 3. The van der Waals surface area contributed by atoms with Gasteiger partial charge in [-0.05, 0) is 9.91 Å². The Morgan fingerprint density at radius 3 is 2.69 bits per heavy atom. The standard InChI is InChI=1S/C8H4ClF2N3O2/c9-2-5-1-4(3-12)6(7(10)11)8(13-5)14(15)16/h1,7H,2H2. The molecule has 0 amide bonds. The third-order valence-corrected chi connectivity index (χ3v) is 2.01. The van der Waals surface area contributed by atoms with E-state index in [0.717, 1.165) is 6.07 Å². The number of hydrogen-bond acceptors (Lipinski definition) is 4. The molecule has 84 valence electrons. The minimum atomic E-state index is -3.13. The Hall–Kier alpha value is -1.81. The Morgan fingerprint density at radius 1 is 1.69 bits per heavy atom. The highest BCUT2D eigenvalue weighted by molar-refractivity contribution is 6.16. The van der Waals surface area contributed by atoms with Crippen LogP contribution < -0.4 is 0 Å². The summed E-state index contributed by atoms with van der Waals surface area (Å²) < 4.78 is 25.1. The molecule has 0 aliphatic rings. The highest BCUT2D eigenvalue weighted by atomic mass is 35.5. The summed E-state index contributed by atoms with van der Waals surface area (Å²) in [7, 11) is 0. The van der Waals surface area contributed by atoms with Gasteiger partial charge in [0.05, 0.1) is 11.4 Å². The van der Waals surface area contributed by atoms with E-state index in [4.69, 9.17) is 16.9 Å². The lowest BCUT2D eigenvalue weighted by Gasteiger charge is -2.04. The number of rotatable bonds is 3. The molecule has 1 rings (SSSR count). The van der Waals surface area contributed by atoms with Crippen molar-refractivity contribution in [3.63, 3.8) is 0 Å². The van der Waals surface area contributed by atoms with E-state index in [1.807, 2.05) is 0 Å². The molecule has 8 heteroatoms. The number of halogens is 3. The third-order valence-electron chi connectivity index (χ3n) is 1.74. The van der Waals surface area contributed by atoms with E-state index < -0.39 is 28.3 Å². The summed E-state index contributed by atoms with van der Waals surface area (Å²) in [5.41, 5.74) is -1.44. The second kappa shape index (κ2) is 4.81. The first-order chi connectivity index (χ1) is 7.51. The number of pyridine rings is 1. The Balaban J connectivity index is 3.55. The van der Waals surface area contributed by atoms with E-state index >= 15 is 0 Å². The van der Waals surface area contributed by atoms with Crippen molar-refractivity contribution in [3.05, 3.63) is 33.0 Å². The van der Waals surface area contributed by atoms with Gasteiger partial charge in [-0.15, -0.1) is 11.6 Å². The number of nitrogens with zero attached hydrogens (tertiary/aromatic N) is 3. The highest BCUT2D eigenvalue weighted by Gasteiger charge is 2.28. The summed E-state index contributed by atoms with van der Waals surface area (Å²) in [6, 6.07) is 2.48. The van der Waals surface area contributed by atoms with E-state index in [1.165, 1.54) is 6.07 Å². The molecule has 16 heavy (non-hydrogen) atoms. The molecule has 0 aromatic carbocycles. The maximum Gasteiger partial charge on any atom is 0.374 e. The van der Waals surface area contributed by atoms with Gasteiger partial charge in [0.1, 0.15) is 11.6 Å². The molecular formula is C8H4ClF2N3O2. The molecule has 0 saturated heterocycles. The average Bonchev–Trinajstić information content (AvgIpc) is 2.26. The molecule has 0 aliphatic carbocycles. The van der Waals surface area contributed by atoms with Crippen LogP contribution in [0.4, 0.5) is 14.6 Å². The zero-order valence-corrected chi connectivity index (χ0v) is 8.41. The summed E-state index contributed by atoms with van der Waals surface area (Å²) in [5.74, 6) is -1.22. The minimum absolute atomic E-state index is 0.00863. The first kappa shape index (κ1) is 12.3. The lowest BCUT2D eigenvalue weighted by molar-refractivity contribution is -0.391. The van der Waals surface area contributed by atoms with Gasteiger partial charge in [0.2, 0.25) is 0 Å². The minimum Gasteiger partial charge on any atom is -0.358 e. The Kier molecular flexibility index (Phi) is 3.68. The Bertz CT molecular complexity index is 473. The molecule has 0 radical (unpaired) electrons. The second-order valence-corrected chi connectivity index (χ2v) is 2.97. The summed E-state index contributed by atoms with van der Waals surface area (Å²) in [6.45, 7) is 0. The fraction of sp³-hybridized carbons (Fsp3) is 0.250. The van der Waals surface area contributed by atoms with Crippen molar-refractivity contribution in [1.82, 2.24) is 4.98 Å². The number of nitriles is 1. The Morgan fingerprint density at radius 2 is 2.31 bits per heavy atom. The lowest BCUT2D eigenvalue weighted by atomic mass is 10.1. The van der Waals surface area contributed by atoms with Crippen LogP contribution in [0.5, 0.6) is 0 Å². The van der Waals surface area contributed by atoms with Crippen LogP contribution in [-0.2, 0) is 5.88 Å². The highest BCUT2D eigenvalue weighted by Crippen LogP contribution is 2.31. The van der Waals surface area contributed by atoms with Gasteiger partial charge < -0.3 is 10.1 Å². The first-order valence-corrected chi connectivity index (χ1v) is 4.47. The van der Waals surface area contributed by atoms with Gasteiger partial charge in [0, 0.05) is 6.07 Å². The van der Waals surface area contributed by atoms with Crippen molar-refractivity contribution in [2.24, 2.45) is 0 Å². The van der Waals surface area contributed by atoms with Gasteiger partial charge in [0.25, 0.3) is 6.43 Å². The summed E-state index contributed by atoms with van der Waals surface area (Å²) >= 11 is 5.38. The quantitative estimate of drug-likeness (QED) is 0.467. The van der Waals surface area contributed by atoms with Crippen molar-refractivity contribution in [3.8, 4) is 6.07 Å². The van der Waals surface area contributed by atoms with Crippen LogP contribution in [0.15, 0.2) is 6.07 Å². The van der Waals surface area contributed by atoms with Gasteiger partial charge in [-0.3, -0.25) is 0 Å².